The van der Waals surface area contributed by atoms with Crippen LogP contribution in [0.25, 0.3) is 11.1 Å². The predicted octanol–water partition coefficient (Wildman–Crippen LogP) is 0.969. The van der Waals surface area contributed by atoms with E-state index in [0.29, 0.717) is 31.9 Å². The van der Waals surface area contributed by atoms with Crippen molar-refractivity contribution in [2.45, 2.75) is 46.8 Å². The number of hydrogen-bond acceptors (Lipinski definition) is 6. The molecule has 1 amide bonds. The van der Waals surface area contributed by atoms with Gasteiger partial charge in [-0.15, -0.1) is 0 Å². The fraction of sp³-hybridized carbons (Fsp3) is 0.300. The van der Waals surface area contributed by atoms with Crippen LogP contribution in [0, 0.1) is 13.8 Å². The van der Waals surface area contributed by atoms with Gasteiger partial charge in [0.1, 0.15) is 18.1 Å². The van der Waals surface area contributed by atoms with E-state index in [2.05, 4.69) is 36.3 Å². The van der Waals surface area contributed by atoms with E-state index in [4.69, 9.17) is 14.0 Å². The zero-order valence-electron chi connectivity index (χ0n) is 23.4. The van der Waals surface area contributed by atoms with Crippen LogP contribution in [0.15, 0.2) is 74.8 Å². The summed E-state index contributed by atoms with van der Waals surface area (Å²) >= 11 is 0. The summed E-state index contributed by atoms with van der Waals surface area (Å²) in [5, 5.41) is 2.85. The number of nitrogens with one attached hydrogen (secondary N) is 1. The van der Waals surface area contributed by atoms with Crippen LogP contribution in [-0.2, 0) is 17.9 Å². The number of nitrogens with zero attached hydrogens (tertiary/aromatic N) is 2. The van der Waals surface area contributed by atoms with Crippen molar-refractivity contribution in [3.05, 3.63) is 104 Å². The summed E-state index contributed by atoms with van der Waals surface area (Å²) in [6.07, 6.45) is 1.24. The molecule has 1 N–H and O–H groups in total. The molecule has 9 nitrogen and oxygen atoms in total. The van der Waals surface area contributed by atoms with Crippen LogP contribution in [0.4, 0.5) is 0 Å². The fourth-order valence-corrected chi connectivity index (χ4v) is 4.18. The molecular formula is C30H32N3NaO6. The van der Waals surface area contributed by atoms with E-state index >= 15 is 0 Å². The van der Waals surface area contributed by atoms with Gasteiger partial charge in [-0.3, -0.25) is 14.3 Å². The second kappa shape index (κ2) is 14.7. The van der Waals surface area contributed by atoms with E-state index in [1.807, 2.05) is 55.5 Å². The average molecular weight is 554 g/mol. The Balaban J connectivity index is 0.00000441. The van der Waals surface area contributed by atoms with E-state index < -0.39 is 11.4 Å². The zero-order valence-corrected chi connectivity index (χ0v) is 25.4. The minimum atomic E-state index is -0.900. The number of aryl methyl sites for hydroxylation is 1. The minimum absolute atomic E-state index is 0. The van der Waals surface area contributed by atoms with Crippen LogP contribution < -0.4 is 60.8 Å². The molecule has 1 heterocycles. The number of amides is 1. The molecule has 1 aromatic heterocycles. The predicted molar refractivity (Wildman–Crippen MR) is 147 cm³/mol. The van der Waals surface area contributed by atoms with Crippen molar-refractivity contribution in [2.75, 3.05) is 13.2 Å². The Morgan fingerprint density at radius 2 is 1.73 bits per heavy atom. The van der Waals surface area contributed by atoms with Crippen LogP contribution >= 0.6 is 0 Å². The molecule has 4 aromatic rings. The van der Waals surface area contributed by atoms with Crippen molar-refractivity contribution in [3.8, 4) is 22.6 Å². The first-order valence-corrected chi connectivity index (χ1v) is 12.9. The molecule has 0 aliphatic carbocycles. The summed E-state index contributed by atoms with van der Waals surface area (Å²) in [5.74, 6) is 0.641. The molecule has 0 fully saturated rings. The smallest absolute Gasteiger partial charge is 0.494 e. The van der Waals surface area contributed by atoms with Crippen molar-refractivity contribution < 1.29 is 48.3 Å². The molecule has 4 rings (SSSR count). The van der Waals surface area contributed by atoms with Crippen molar-refractivity contribution in [3.63, 3.8) is 0 Å². The largest absolute Gasteiger partial charge is 1.00 e. The Morgan fingerprint density at radius 1 is 0.975 bits per heavy atom. The standard InChI is InChI=1S/C30H33N3O6.Na/c1-4-28(34)31-15-6-16-37-25-13-14-26(20(2)17-25)27-8-5-7-23(21(27)3)19-38-24-11-9-22(10-12-24)18-33-29(35)32-30(36)39-33;/h5,7-14,17H,4,6,15-16,18-19H2,1-3H3,(H2,31,32,34,35,36);/q;+1/p-1. The van der Waals surface area contributed by atoms with E-state index in [-0.39, 0.29) is 42.0 Å². The first kappa shape index (κ1) is 31.0. The molecule has 40 heavy (non-hydrogen) atoms. The van der Waals surface area contributed by atoms with E-state index in [1.54, 1.807) is 0 Å². The number of rotatable bonds is 12. The number of ether oxygens (including phenoxy) is 2. The van der Waals surface area contributed by atoms with Crippen molar-refractivity contribution in [1.82, 2.24) is 15.0 Å². The zero-order chi connectivity index (χ0) is 27.8. The molecule has 0 bridgehead atoms. The number of benzene rings is 3. The number of carbonyl (C=O) groups is 1. The summed E-state index contributed by atoms with van der Waals surface area (Å²) in [6, 6.07) is 19.5. The van der Waals surface area contributed by atoms with Gasteiger partial charge in [-0.1, -0.05) is 43.3 Å². The summed E-state index contributed by atoms with van der Waals surface area (Å²) in [7, 11) is 0. The number of hydrogen-bond donors (Lipinski definition) is 1. The SMILES string of the molecule is CCC(=O)NCCCOc1ccc(-c2cccc(COc3ccc(Cn4oc(=O)[n-]c4=O)cc3)c2C)c(C)c1.[Na+]. The Bertz CT molecular complexity index is 1540. The van der Waals surface area contributed by atoms with Gasteiger partial charge in [0.05, 0.1) is 6.61 Å². The molecule has 0 aliphatic rings. The average Bonchev–Trinajstić information content (AvgIpc) is 3.24. The second-order valence-corrected chi connectivity index (χ2v) is 9.19. The van der Waals surface area contributed by atoms with Crippen LogP contribution in [0.1, 0.15) is 42.0 Å². The van der Waals surface area contributed by atoms with E-state index in [9.17, 15) is 14.4 Å². The molecule has 0 aliphatic heterocycles. The van der Waals surface area contributed by atoms with Crippen LogP contribution in [-0.4, -0.2) is 23.8 Å². The van der Waals surface area contributed by atoms with Gasteiger partial charge in [-0.05, 0) is 77.9 Å². The molecule has 204 valence electrons. The van der Waals surface area contributed by atoms with Gasteiger partial charge < -0.3 is 24.3 Å². The molecule has 0 saturated carbocycles. The minimum Gasteiger partial charge on any atom is -0.494 e. The molecule has 0 spiro atoms. The fourth-order valence-electron chi connectivity index (χ4n) is 4.18. The third kappa shape index (κ3) is 8.24. The van der Waals surface area contributed by atoms with Gasteiger partial charge in [0.2, 0.25) is 5.91 Å². The molecule has 0 unspecified atom stereocenters. The third-order valence-corrected chi connectivity index (χ3v) is 6.40. The number of aromatic nitrogens is 2. The van der Waals surface area contributed by atoms with Crippen LogP contribution in [0.5, 0.6) is 11.5 Å². The van der Waals surface area contributed by atoms with Crippen molar-refractivity contribution in [2.24, 2.45) is 0 Å². The first-order valence-electron chi connectivity index (χ1n) is 12.9. The summed E-state index contributed by atoms with van der Waals surface area (Å²) in [4.78, 5) is 37.2. The molecule has 3 aromatic carbocycles. The first-order chi connectivity index (χ1) is 18.8. The van der Waals surface area contributed by atoms with Gasteiger partial charge in [-0.25, -0.2) is 4.79 Å². The molecule has 0 saturated heterocycles. The molecule has 0 radical (unpaired) electrons. The normalized spacial score (nSPS) is 10.6. The Labute approximate surface area is 254 Å². The quantitative estimate of drug-likeness (QED) is 0.205. The maximum Gasteiger partial charge on any atom is 1.00 e. The van der Waals surface area contributed by atoms with Gasteiger partial charge >= 0.3 is 35.3 Å². The van der Waals surface area contributed by atoms with Gasteiger partial charge in [0, 0.05) is 19.5 Å². The van der Waals surface area contributed by atoms with Gasteiger partial charge in [-0.2, -0.15) is 0 Å². The maximum atomic E-state index is 11.6. The van der Waals surface area contributed by atoms with Crippen LogP contribution in [0.2, 0.25) is 0 Å². The summed E-state index contributed by atoms with van der Waals surface area (Å²) in [5.41, 5.74) is 5.65. The Hall–Kier alpha value is -3.53. The maximum absolute atomic E-state index is 11.6. The van der Waals surface area contributed by atoms with E-state index in [0.717, 1.165) is 50.3 Å². The summed E-state index contributed by atoms with van der Waals surface area (Å²) < 4.78 is 17.6. The number of carbonyl (C=O) groups excluding carboxylic acids is 1. The second-order valence-electron chi connectivity index (χ2n) is 9.19. The van der Waals surface area contributed by atoms with Crippen LogP contribution in [0.3, 0.4) is 0 Å². The topological polar surface area (TPSA) is 114 Å². The molecule has 10 heteroatoms. The Kier molecular flexibility index (Phi) is 11.4. The van der Waals surface area contributed by atoms with Crippen molar-refractivity contribution in [1.29, 1.82) is 0 Å². The summed E-state index contributed by atoms with van der Waals surface area (Å²) in [6.45, 7) is 7.65. The van der Waals surface area contributed by atoms with Gasteiger partial charge in [0.25, 0.3) is 0 Å². The van der Waals surface area contributed by atoms with E-state index in [1.165, 1.54) is 0 Å². The monoisotopic (exact) mass is 553 g/mol. The molecular weight excluding hydrogens is 521 g/mol. The van der Waals surface area contributed by atoms with Gasteiger partial charge in [0.15, 0.2) is 5.69 Å². The third-order valence-electron chi connectivity index (χ3n) is 6.40. The van der Waals surface area contributed by atoms with Crippen molar-refractivity contribution >= 4 is 5.91 Å². The Morgan fingerprint density at radius 3 is 2.40 bits per heavy atom. The molecule has 0 atom stereocenters.